The number of rotatable bonds is 2. The molecule has 1 heterocycles. The van der Waals surface area contributed by atoms with E-state index in [0.717, 1.165) is 12.8 Å². The molecule has 1 saturated heterocycles. The topological polar surface area (TPSA) is 29.5 Å². The molecular formula is C8H16O2. The summed E-state index contributed by atoms with van der Waals surface area (Å²) in [6.45, 7) is 2.36. The van der Waals surface area contributed by atoms with Crippen molar-refractivity contribution in [2.75, 3.05) is 6.61 Å². The molecular weight excluding hydrogens is 128 g/mol. The normalized spacial score (nSPS) is 34.2. The molecule has 0 aromatic carbocycles. The average molecular weight is 144 g/mol. The van der Waals surface area contributed by atoms with Crippen LogP contribution in [-0.4, -0.2) is 23.9 Å². The van der Waals surface area contributed by atoms with Crippen LogP contribution in [0.4, 0.5) is 0 Å². The molecule has 0 amide bonds. The minimum absolute atomic E-state index is 0.261. The van der Waals surface area contributed by atoms with Gasteiger partial charge in [-0.2, -0.15) is 0 Å². The molecule has 10 heavy (non-hydrogen) atoms. The molecule has 0 aromatic rings. The summed E-state index contributed by atoms with van der Waals surface area (Å²) in [6.07, 6.45) is 5.11. The number of hydrogen-bond acceptors (Lipinski definition) is 2. The monoisotopic (exact) mass is 144 g/mol. The SMILES string of the molecule is C[C@@H]1CCC[C@@H](CCO)O1. The lowest BCUT2D eigenvalue weighted by atomic mass is 10.0. The Balaban J connectivity index is 2.18. The highest BCUT2D eigenvalue weighted by atomic mass is 16.5. The fourth-order valence-corrected chi connectivity index (χ4v) is 1.45. The summed E-state index contributed by atoms with van der Waals surface area (Å²) in [6, 6.07) is 0. The van der Waals surface area contributed by atoms with E-state index in [2.05, 4.69) is 6.92 Å². The fourth-order valence-electron chi connectivity index (χ4n) is 1.45. The quantitative estimate of drug-likeness (QED) is 0.633. The Kier molecular flexibility index (Phi) is 3.16. The van der Waals surface area contributed by atoms with E-state index in [0.29, 0.717) is 12.2 Å². The standard InChI is InChI=1S/C8H16O2/c1-7-3-2-4-8(10-7)5-6-9/h7-9H,2-6H2,1H3/t7-,8+/m1/s1. The molecule has 0 bridgehead atoms. The molecule has 0 aromatic heterocycles. The summed E-state index contributed by atoms with van der Waals surface area (Å²) >= 11 is 0. The molecule has 2 heteroatoms. The van der Waals surface area contributed by atoms with Gasteiger partial charge < -0.3 is 9.84 Å². The Morgan fingerprint density at radius 1 is 1.50 bits per heavy atom. The number of aliphatic hydroxyl groups is 1. The summed E-state index contributed by atoms with van der Waals surface area (Å²) in [5.41, 5.74) is 0. The van der Waals surface area contributed by atoms with Crippen LogP contribution in [0.2, 0.25) is 0 Å². The Morgan fingerprint density at radius 2 is 2.30 bits per heavy atom. The van der Waals surface area contributed by atoms with Gasteiger partial charge in [-0.3, -0.25) is 0 Å². The van der Waals surface area contributed by atoms with E-state index in [1.807, 2.05) is 0 Å². The van der Waals surface area contributed by atoms with Crippen molar-refractivity contribution in [3.8, 4) is 0 Å². The maximum Gasteiger partial charge on any atom is 0.0600 e. The lowest BCUT2D eigenvalue weighted by Crippen LogP contribution is -2.25. The van der Waals surface area contributed by atoms with Crippen molar-refractivity contribution < 1.29 is 9.84 Å². The fraction of sp³-hybridized carbons (Fsp3) is 1.00. The third-order valence-electron chi connectivity index (χ3n) is 2.01. The van der Waals surface area contributed by atoms with Crippen LogP contribution in [0.15, 0.2) is 0 Å². The van der Waals surface area contributed by atoms with Crippen LogP contribution < -0.4 is 0 Å². The predicted molar refractivity (Wildman–Crippen MR) is 39.9 cm³/mol. The first-order valence-corrected chi connectivity index (χ1v) is 4.09. The molecule has 1 aliphatic heterocycles. The van der Waals surface area contributed by atoms with Gasteiger partial charge in [0.2, 0.25) is 0 Å². The number of aliphatic hydroxyl groups excluding tert-OH is 1. The van der Waals surface area contributed by atoms with Crippen molar-refractivity contribution >= 4 is 0 Å². The van der Waals surface area contributed by atoms with Gasteiger partial charge >= 0.3 is 0 Å². The molecule has 1 fully saturated rings. The average Bonchev–Trinajstić information content (AvgIpc) is 1.88. The van der Waals surface area contributed by atoms with Crippen molar-refractivity contribution in [1.29, 1.82) is 0 Å². The van der Waals surface area contributed by atoms with Gasteiger partial charge in [0.25, 0.3) is 0 Å². The molecule has 60 valence electrons. The van der Waals surface area contributed by atoms with Gasteiger partial charge in [-0.15, -0.1) is 0 Å². The maximum atomic E-state index is 8.62. The Bertz CT molecular complexity index is 91.3. The van der Waals surface area contributed by atoms with Gasteiger partial charge in [0, 0.05) is 6.61 Å². The number of ether oxygens (including phenoxy) is 1. The molecule has 0 aliphatic carbocycles. The van der Waals surface area contributed by atoms with Gasteiger partial charge in [0.05, 0.1) is 12.2 Å². The molecule has 0 spiro atoms. The Labute approximate surface area is 62.2 Å². The second-order valence-corrected chi connectivity index (χ2v) is 3.01. The van der Waals surface area contributed by atoms with Crippen molar-refractivity contribution in [3.63, 3.8) is 0 Å². The Morgan fingerprint density at radius 3 is 2.90 bits per heavy atom. The lowest BCUT2D eigenvalue weighted by Gasteiger charge is -2.27. The summed E-state index contributed by atoms with van der Waals surface area (Å²) in [7, 11) is 0. The first-order chi connectivity index (χ1) is 4.83. The molecule has 0 saturated carbocycles. The number of hydrogen-bond donors (Lipinski definition) is 1. The van der Waals surface area contributed by atoms with Gasteiger partial charge in [0.15, 0.2) is 0 Å². The van der Waals surface area contributed by atoms with Gasteiger partial charge in [-0.05, 0) is 32.6 Å². The lowest BCUT2D eigenvalue weighted by molar-refractivity contribution is -0.0489. The van der Waals surface area contributed by atoms with Gasteiger partial charge in [0.1, 0.15) is 0 Å². The first kappa shape index (κ1) is 8.02. The van der Waals surface area contributed by atoms with Crippen LogP contribution >= 0.6 is 0 Å². The third-order valence-corrected chi connectivity index (χ3v) is 2.01. The van der Waals surface area contributed by atoms with E-state index in [1.165, 1.54) is 12.8 Å². The van der Waals surface area contributed by atoms with E-state index in [9.17, 15) is 0 Å². The molecule has 2 atom stereocenters. The zero-order chi connectivity index (χ0) is 7.40. The van der Waals surface area contributed by atoms with E-state index in [4.69, 9.17) is 9.84 Å². The van der Waals surface area contributed by atoms with Crippen LogP contribution in [0.1, 0.15) is 32.6 Å². The van der Waals surface area contributed by atoms with Crippen molar-refractivity contribution in [1.82, 2.24) is 0 Å². The van der Waals surface area contributed by atoms with E-state index >= 15 is 0 Å². The van der Waals surface area contributed by atoms with Crippen LogP contribution in [-0.2, 0) is 4.74 Å². The van der Waals surface area contributed by atoms with E-state index < -0.39 is 0 Å². The third kappa shape index (κ3) is 2.27. The van der Waals surface area contributed by atoms with E-state index in [1.54, 1.807) is 0 Å². The smallest absolute Gasteiger partial charge is 0.0600 e. The zero-order valence-electron chi connectivity index (χ0n) is 6.55. The molecule has 1 N–H and O–H groups in total. The predicted octanol–water partition coefficient (Wildman–Crippen LogP) is 1.33. The molecule has 0 radical (unpaired) electrons. The second-order valence-electron chi connectivity index (χ2n) is 3.01. The van der Waals surface area contributed by atoms with Crippen molar-refractivity contribution in [2.45, 2.75) is 44.8 Å². The summed E-state index contributed by atoms with van der Waals surface area (Å²) in [4.78, 5) is 0. The molecule has 1 rings (SSSR count). The summed E-state index contributed by atoms with van der Waals surface area (Å²) < 4.78 is 5.57. The van der Waals surface area contributed by atoms with E-state index in [-0.39, 0.29) is 6.61 Å². The summed E-state index contributed by atoms with van der Waals surface area (Å²) in [5.74, 6) is 0. The molecule has 1 aliphatic rings. The first-order valence-electron chi connectivity index (χ1n) is 4.09. The highest BCUT2D eigenvalue weighted by molar-refractivity contribution is 4.67. The second kappa shape index (κ2) is 3.94. The highest BCUT2D eigenvalue weighted by Gasteiger charge is 2.17. The van der Waals surface area contributed by atoms with Crippen molar-refractivity contribution in [2.24, 2.45) is 0 Å². The Hall–Kier alpha value is -0.0800. The minimum Gasteiger partial charge on any atom is -0.396 e. The van der Waals surface area contributed by atoms with Crippen LogP contribution in [0.5, 0.6) is 0 Å². The maximum absolute atomic E-state index is 8.62. The van der Waals surface area contributed by atoms with Crippen LogP contribution in [0, 0.1) is 0 Å². The zero-order valence-corrected chi connectivity index (χ0v) is 6.55. The minimum atomic E-state index is 0.261. The highest BCUT2D eigenvalue weighted by Crippen LogP contribution is 2.20. The molecule has 0 unspecified atom stereocenters. The molecule has 2 nitrogen and oxygen atoms in total. The van der Waals surface area contributed by atoms with Crippen LogP contribution in [0.3, 0.4) is 0 Å². The van der Waals surface area contributed by atoms with Crippen LogP contribution in [0.25, 0.3) is 0 Å². The van der Waals surface area contributed by atoms with Gasteiger partial charge in [-0.1, -0.05) is 0 Å². The van der Waals surface area contributed by atoms with Crippen molar-refractivity contribution in [3.05, 3.63) is 0 Å². The summed E-state index contributed by atoms with van der Waals surface area (Å²) in [5, 5.41) is 8.62. The largest absolute Gasteiger partial charge is 0.396 e. The van der Waals surface area contributed by atoms with Gasteiger partial charge in [-0.25, -0.2) is 0 Å².